The van der Waals surface area contributed by atoms with E-state index < -0.39 is 10.0 Å². The van der Waals surface area contributed by atoms with Gasteiger partial charge in [0, 0.05) is 30.1 Å². The molecule has 152 valence electrons. The molecule has 0 N–H and O–H groups in total. The summed E-state index contributed by atoms with van der Waals surface area (Å²) in [6.07, 6.45) is 3.40. The van der Waals surface area contributed by atoms with E-state index in [0.717, 1.165) is 50.2 Å². The first-order valence-electron chi connectivity index (χ1n) is 9.77. The van der Waals surface area contributed by atoms with Gasteiger partial charge in [0.15, 0.2) is 11.5 Å². The number of sulfonamides is 1. The lowest BCUT2D eigenvalue weighted by Crippen LogP contribution is -2.40. The van der Waals surface area contributed by atoms with Crippen LogP contribution in [0.1, 0.15) is 42.8 Å². The summed E-state index contributed by atoms with van der Waals surface area (Å²) >= 11 is 1.58. The van der Waals surface area contributed by atoms with Gasteiger partial charge >= 0.3 is 0 Å². The summed E-state index contributed by atoms with van der Waals surface area (Å²) in [6, 6.07) is 2.07. The highest BCUT2D eigenvalue weighted by molar-refractivity contribution is 7.89. The molecule has 0 aromatic carbocycles. The predicted molar refractivity (Wildman–Crippen MR) is 114 cm³/mol. The summed E-state index contributed by atoms with van der Waals surface area (Å²) in [6.45, 7) is 6.77. The monoisotopic (exact) mass is 430 g/mol. The summed E-state index contributed by atoms with van der Waals surface area (Å²) in [5.41, 5.74) is 3.81. The van der Waals surface area contributed by atoms with Crippen LogP contribution in [0.2, 0.25) is 0 Å². The quantitative estimate of drug-likeness (QED) is 0.496. The molecular weight excluding hydrogens is 408 g/mol. The van der Waals surface area contributed by atoms with Crippen molar-refractivity contribution < 1.29 is 8.42 Å². The summed E-state index contributed by atoms with van der Waals surface area (Å²) in [7, 11) is -3.20. The lowest BCUT2D eigenvalue weighted by Gasteiger charge is -2.30. The Labute approximate surface area is 172 Å². The minimum absolute atomic E-state index is 0.00323. The molecule has 0 aliphatic carbocycles. The van der Waals surface area contributed by atoms with Gasteiger partial charge in [0.05, 0.1) is 11.3 Å². The van der Waals surface area contributed by atoms with Crippen molar-refractivity contribution in [3.63, 3.8) is 0 Å². The molecule has 0 amide bonds. The smallest absolute Gasteiger partial charge is 0.213 e. The van der Waals surface area contributed by atoms with Crippen molar-refractivity contribution in [1.29, 1.82) is 0 Å². The first-order valence-corrected chi connectivity index (χ1v) is 12.2. The average Bonchev–Trinajstić information content (AvgIpc) is 3.29. The van der Waals surface area contributed by atoms with Crippen molar-refractivity contribution in [2.45, 2.75) is 39.5 Å². The molecule has 0 unspecified atom stereocenters. The van der Waals surface area contributed by atoms with Crippen LogP contribution in [-0.4, -0.2) is 56.1 Å². The minimum Gasteiger partial charge on any atom is -0.242 e. The molecule has 1 fully saturated rings. The number of piperidine rings is 1. The van der Waals surface area contributed by atoms with Crippen LogP contribution in [0.3, 0.4) is 0 Å². The zero-order valence-corrected chi connectivity index (χ0v) is 18.2. The maximum absolute atomic E-state index is 12.3. The van der Waals surface area contributed by atoms with Crippen molar-refractivity contribution in [3.05, 3.63) is 29.5 Å². The number of rotatable bonds is 3. The Kier molecular flexibility index (Phi) is 4.34. The third kappa shape index (κ3) is 3.01. The fraction of sp³-hybridized carbons (Fsp3) is 0.474. The molecule has 29 heavy (non-hydrogen) atoms. The van der Waals surface area contributed by atoms with Crippen LogP contribution in [0.5, 0.6) is 0 Å². The van der Waals surface area contributed by atoms with Gasteiger partial charge in [-0.1, -0.05) is 0 Å². The van der Waals surface area contributed by atoms with Gasteiger partial charge in [-0.05, 0) is 45.2 Å². The summed E-state index contributed by atoms with van der Waals surface area (Å²) in [5.74, 6) is 0.807. The fourth-order valence-corrected chi connectivity index (χ4v) is 6.55. The van der Waals surface area contributed by atoms with Crippen LogP contribution in [0, 0.1) is 13.8 Å². The number of fused-ring (bicyclic) bond motifs is 5. The van der Waals surface area contributed by atoms with E-state index in [9.17, 15) is 8.42 Å². The largest absolute Gasteiger partial charge is 0.242 e. The summed E-state index contributed by atoms with van der Waals surface area (Å²) in [5, 5.41) is 5.72. The van der Waals surface area contributed by atoms with Gasteiger partial charge in [0.2, 0.25) is 10.0 Å². The fourth-order valence-electron chi connectivity index (χ4n) is 4.15. The van der Waals surface area contributed by atoms with Gasteiger partial charge in [-0.3, -0.25) is 0 Å². The zero-order valence-electron chi connectivity index (χ0n) is 16.6. The number of hydrogen-bond donors (Lipinski definition) is 0. The van der Waals surface area contributed by atoms with E-state index in [2.05, 4.69) is 28.1 Å². The Balaban J connectivity index is 1.62. The van der Waals surface area contributed by atoms with E-state index in [1.807, 2.05) is 6.92 Å². The van der Waals surface area contributed by atoms with Gasteiger partial charge in [-0.25, -0.2) is 32.2 Å². The molecule has 1 aliphatic heterocycles. The highest BCUT2D eigenvalue weighted by atomic mass is 32.2. The van der Waals surface area contributed by atoms with E-state index in [4.69, 9.17) is 4.98 Å². The molecule has 0 radical (unpaired) electrons. The number of thiophene rings is 1. The molecule has 1 aliphatic rings. The zero-order chi connectivity index (χ0) is 20.3. The maximum Gasteiger partial charge on any atom is 0.213 e. The number of pyridine rings is 1. The molecule has 4 aromatic rings. The Morgan fingerprint density at radius 1 is 1.28 bits per heavy atom. The van der Waals surface area contributed by atoms with Crippen LogP contribution in [-0.2, 0) is 10.0 Å². The second-order valence-corrected chi connectivity index (χ2v) is 10.9. The van der Waals surface area contributed by atoms with E-state index in [1.165, 1.54) is 0 Å². The standard InChI is InChI=1S/C19H22N6O2S2/c1-4-29(26,27)24-7-5-6-13(9-24)17-22-18-16-15(20-10-25(18)23-17)14-11(2)8-12(3)21-19(14)28-16/h8,10,13H,4-7,9H2,1-3H3/t13-/m0/s1. The molecule has 1 saturated heterocycles. The highest BCUT2D eigenvalue weighted by Gasteiger charge is 2.31. The van der Waals surface area contributed by atoms with Crippen LogP contribution < -0.4 is 0 Å². The molecule has 5 rings (SSSR count). The van der Waals surface area contributed by atoms with E-state index in [-0.39, 0.29) is 11.7 Å². The Morgan fingerprint density at radius 3 is 2.90 bits per heavy atom. The van der Waals surface area contributed by atoms with Gasteiger partial charge in [0.1, 0.15) is 15.9 Å². The average molecular weight is 431 g/mol. The molecule has 8 nitrogen and oxygen atoms in total. The van der Waals surface area contributed by atoms with Crippen LogP contribution in [0.4, 0.5) is 0 Å². The Morgan fingerprint density at radius 2 is 2.10 bits per heavy atom. The van der Waals surface area contributed by atoms with Gasteiger partial charge < -0.3 is 0 Å². The number of aryl methyl sites for hydroxylation is 2. The second-order valence-electron chi connectivity index (χ2n) is 7.62. The molecule has 1 atom stereocenters. The molecule has 0 saturated carbocycles. The van der Waals surface area contributed by atoms with Crippen molar-refractivity contribution in [3.8, 4) is 0 Å². The second kappa shape index (κ2) is 6.68. The van der Waals surface area contributed by atoms with Crippen molar-refractivity contribution in [1.82, 2.24) is 28.9 Å². The van der Waals surface area contributed by atoms with Crippen LogP contribution in [0.15, 0.2) is 12.4 Å². The molecular formula is C19H22N6O2S2. The van der Waals surface area contributed by atoms with Crippen molar-refractivity contribution >= 4 is 47.4 Å². The SMILES string of the molecule is CCS(=O)(=O)N1CCC[C@H](c2nc3c4sc5nc(C)cc(C)c5c4ncn3n2)C1. The third-order valence-electron chi connectivity index (χ3n) is 5.62. The molecule has 10 heteroatoms. The minimum atomic E-state index is -3.20. The van der Waals surface area contributed by atoms with Gasteiger partial charge in [0.25, 0.3) is 0 Å². The molecule has 4 aromatic heterocycles. The van der Waals surface area contributed by atoms with Gasteiger partial charge in [-0.2, -0.15) is 0 Å². The van der Waals surface area contributed by atoms with Crippen molar-refractivity contribution in [2.24, 2.45) is 0 Å². The topological polar surface area (TPSA) is 93.4 Å². The highest BCUT2D eigenvalue weighted by Crippen LogP contribution is 2.36. The van der Waals surface area contributed by atoms with E-state index >= 15 is 0 Å². The summed E-state index contributed by atoms with van der Waals surface area (Å²) in [4.78, 5) is 15.1. The predicted octanol–water partition coefficient (Wildman–Crippen LogP) is 3.03. The lowest BCUT2D eigenvalue weighted by molar-refractivity contribution is 0.309. The number of hydrogen-bond acceptors (Lipinski definition) is 7. The third-order valence-corrected chi connectivity index (χ3v) is 8.53. The first kappa shape index (κ1) is 18.8. The van der Waals surface area contributed by atoms with E-state index in [0.29, 0.717) is 18.9 Å². The Bertz CT molecular complexity index is 1360. The normalized spacial score (nSPS) is 18.9. The first-order chi connectivity index (χ1) is 13.9. The van der Waals surface area contributed by atoms with Crippen LogP contribution >= 0.6 is 11.3 Å². The van der Waals surface area contributed by atoms with Crippen LogP contribution in [0.25, 0.3) is 26.1 Å². The van der Waals surface area contributed by atoms with Crippen molar-refractivity contribution in [2.75, 3.05) is 18.8 Å². The number of nitrogens with zero attached hydrogens (tertiary/aromatic N) is 6. The molecule has 0 bridgehead atoms. The maximum atomic E-state index is 12.3. The Hall–Kier alpha value is -2.17. The molecule has 5 heterocycles. The number of aromatic nitrogens is 5. The lowest BCUT2D eigenvalue weighted by atomic mass is 9.99. The van der Waals surface area contributed by atoms with Gasteiger partial charge in [-0.15, -0.1) is 16.4 Å². The van der Waals surface area contributed by atoms with E-state index in [1.54, 1.807) is 33.4 Å². The molecule has 0 spiro atoms. The summed E-state index contributed by atoms with van der Waals surface area (Å²) < 4.78 is 28.9.